The zero-order valence-electron chi connectivity index (χ0n) is 10.3. The Kier molecular flexibility index (Phi) is 3.97. The Hall–Kier alpha value is -1.72. The van der Waals surface area contributed by atoms with Crippen molar-refractivity contribution >= 4 is 28.7 Å². The molecule has 0 saturated heterocycles. The highest BCUT2D eigenvalue weighted by atomic mass is 35.5. The van der Waals surface area contributed by atoms with Crippen LogP contribution in [0.1, 0.15) is 27.6 Å². The van der Waals surface area contributed by atoms with E-state index in [1.807, 2.05) is 0 Å². The van der Waals surface area contributed by atoms with E-state index in [1.54, 1.807) is 31.2 Å². The van der Waals surface area contributed by atoms with Crippen LogP contribution < -0.4 is 0 Å². The first-order chi connectivity index (χ1) is 9.02. The molecule has 1 atom stereocenters. The average Bonchev–Trinajstić information content (AvgIpc) is 2.62. The van der Waals surface area contributed by atoms with E-state index in [-0.39, 0.29) is 25.0 Å². The number of amides is 2. The summed E-state index contributed by atoms with van der Waals surface area (Å²) in [4.78, 5) is 35.9. The molecule has 1 heterocycles. The van der Waals surface area contributed by atoms with Gasteiger partial charge in [-0.3, -0.25) is 19.3 Å². The molecule has 0 fully saturated rings. The van der Waals surface area contributed by atoms with E-state index in [0.29, 0.717) is 11.1 Å². The van der Waals surface area contributed by atoms with Crippen LogP contribution >= 0.6 is 11.6 Å². The molecule has 0 bridgehead atoms. The van der Waals surface area contributed by atoms with Gasteiger partial charge in [0.1, 0.15) is 6.61 Å². The summed E-state index contributed by atoms with van der Waals surface area (Å²) >= 11 is 5.14. The van der Waals surface area contributed by atoms with Gasteiger partial charge in [-0.1, -0.05) is 12.1 Å². The van der Waals surface area contributed by atoms with Crippen LogP contribution in [0.2, 0.25) is 0 Å². The zero-order chi connectivity index (χ0) is 14.0. The molecule has 0 radical (unpaired) electrons. The number of carbonyl (C=O) groups is 3. The standard InChI is InChI=1S/C13H12ClNO4/c1-8(6-19-7-11(14)16)15-12(17)9-4-2-3-5-10(9)13(15)18/h2-5,8H,6-7H2,1H3. The normalized spacial score (nSPS) is 15.6. The van der Waals surface area contributed by atoms with Crippen LogP contribution in [0, 0.1) is 0 Å². The van der Waals surface area contributed by atoms with Gasteiger partial charge in [0, 0.05) is 0 Å². The summed E-state index contributed by atoms with van der Waals surface area (Å²) in [7, 11) is 0. The molecule has 0 saturated carbocycles. The molecule has 19 heavy (non-hydrogen) atoms. The summed E-state index contributed by atoms with van der Waals surface area (Å²) in [5, 5.41) is -0.616. The molecule has 5 nitrogen and oxygen atoms in total. The SMILES string of the molecule is CC(COCC(=O)Cl)N1C(=O)c2ccccc2C1=O. The summed E-state index contributed by atoms with van der Waals surface area (Å²) in [5.41, 5.74) is 0.792. The smallest absolute Gasteiger partial charge is 0.261 e. The van der Waals surface area contributed by atoms with Crippen molar-refractivity contribution in [3.8, 4) is 0 Å². The van der Waals surface area contributed by atoms with Crippen molar-refractivity contribution in [1.82, 2.24) is 4.90 Å². The van der Waals surface area contributed by atoms with E-state index in [0.717, 1.165) is 4.90 Å². The number of hydrogen-bond donors (Lipinski definition) is 0. The fourth-order valence-corrected chi connectivity index (χ4v) is 2.07. The Morgan fingerprint density at radius 3 is 2.26 bits per heavy atom. The third-order valence-electron chi connectivity index (χ3n) is 2.84. The number of hydrogen-bond acceptors (Lipinski definition) is 4. The molecule has 1 aromatic carbocycles. The lowest BCUT2D eigenvalue weighted by molar-refractivity contribution is -0.116. The lowest BCUT2D eigenvalue weighted by Gasteiger charge is -2.21. The van der Waals surface area contributed by atoms with E-state index < -0.39 is 11.3 Å². The van der Waals surface area contributed by atoms with E-state index in [9.17, 15) is 14.4 Å². The van der Waals surface area contributed by atoms with Crippen molar-refractivity contribution in [3.05, 3.63) is 35.4 Å². The van der Waals surface area contributed by atoms with Crippen LogP contribution in [-0.4, -0.2) is 41.2 Å². The molecule has 2 rings (SSSR count). The molecule has 100 valence electrons. The van der Waals surface area contributed by atoms with Gasteiger partial charge in [0.25, 0.3) is 11.8 Å². The Balaban J connectivity index is 2.09. The topological polar surface area (TPSA) is 63.7 Å². The highest BCUT2D eigenvalue weighted by molar-refractivity contribution is 6.63. The van der Waals surface area contributed by atoms with Gasteiger partial charge < -0.3 is 4.74 Å². The van der Waals surface area contributed by atoms with Crippen LogP contribution in [-0.2, 0) is 9.53 Å². The summed E-state index contributed by atoms with van der Waals surface area (Å²) in [6, 6.07) is 6.20. The van der Waals surface area contributed by atoms with Crippen LogP contribution in [0.15, 0.2) is 24.3 Å². The molecule has 2 amide bonds. The van der Waals surface area contributed by atoms with Gasteiger partial charge in [-0.25, -0.2) is 0 Å². The largest absolute Gasteiger partial charge is 0.370 e. The van der Waals surface area contributed by atoms with Crippen molar-refractivity contribution in [3.63, 3.8) is 0 Å². The molecule has 0 aromatic heterocycles. The Labute approximate surface area is 115 Å². The summed E-state index contributed by atoms with van der Waals surface area (Å²) < 4.78 is 5.04. The van der Waals surface area contributed by atoms with Gasteiger partial charge in [-0.15, -0.1) is 0 Å². The van der Waals surface area contributed by atoms with Gasteiger partial charge in [-0.2, -0.15) is 0 Å². The Morgan fingerprint density at radius 2 is 1.79 bits per heavy atom. The van der Waals surface area contributed by atoms with Gasteiger partial charge in [0.2, 0.25) is 5.24 Å². The number of ether oxygens (including phenoxy) is 1. The predicted octanol–water partition coefficient (Wildman–Crippen LogP) is 1.45. The van der Waals surface area contributed by atoms with E-state index in [1.165, 1.54) is 0 Å². The highest BCUT2D eigenvalue weighted by Gasteiger charge is 2.38. The van der Waals surface area contributed by atoms with E-state index >= 15 is 0 Å². The monoisotopic (exact) mass is 281 g/mol. The van der Waals surface area contributed by atoms with E-state index in [4.69, 9.17) is 16.3 Å². The molecule has 1 aliphatic heterocycles. The van der Waals surface area contributed by atoms with Gasteiger partial charge in [0.05, 0.1) is 23.8 Å². The molecule has 0 spiro atoms. The summed E-state index contributed by atoms with van der Waals surface area (Å²) in [6.07, 6.45) is 0. The lowest BCUT2D eigenvalue weighted by Crippen LogP contribution is -2.40. The second-order valence-electron chi connectivity index (χ2n) is 4.25. The minimum atomic E-state index is -0.616. The van der Waals surface area contributed by atoms with Crippen LogP contribution in [0.4, 0.5) is 0 Å². The van der Waals surface area contributed by atoms with Gasteiger partial charge in [-0.05, 0) is 30.7 Å². The first-order valence-electron chi connectivity index (χ1n) is 5.75. The van der Waals surface area contributed by atoms with Crippen molar-refractivity contribution < 1.29 is 19.1 Å². The summed E-state index contributed by atoms with van der Waals surface area (Å²) in [6.45, 7) is 1.51. The minimum Gasteiger partial charge on any atom is -0.370 e. The minimum absolute atomic E-state index is 0.0733. The fraction of sp³-hybridized carbons (Fsp3) is 0.308. The maximum Gasteiger partial charge on any atom is 0.261 e. The molecular weight excluding hydrogens is 270 g/mol. The predicted molar refractivity (Wildman–Crippen MR) is 68.1 cm³/mol. The summed E-state index contributed by atoms with van der Waals surface area (Å²) in [5.74, 6) is -0.678. The number of imide groups is 1. The first-order valence-corrected chi connectivity index (χ1v) is 6.13. The third kappa shape index (κ3) is 2.67. The van der Waals surface area contributed by atoms with Gasteiger partial charge >= 0.3 is 0 Å². The van der Waals surface area contributed by atoms with Crippen molar-refractivity contribution in [1.29, 1.82) is 0 Å². The third-order valence-corrected chi connectivity index (χ3v) is 2.95. The maximum absolute atomic E-state index is 12.1. The number of fused-ring (bicyclic) bond motifs is 1. The second-order valence-corrected chi connectivity index (χ2v) is 4.67. The van der Waals surface area contributed by atoms with Crippen LogP contribution in [0.3, 0.4) is 0 Å². The van der Waals surface area contributed by atoms with Crippen molar-refractivity contribution in [2.45, 2.75) is 13.0 Å². The number of halogens is 1. The molecule has 1 aliphatic rings. The molecule has 1 unspecified atom stereocenters. The van der Waals surface area contributed by atoms with Crippen molar-refractivity contribution in [2.24, 2.45) is 0 Å². The molecule has 6 heteroatoms. The van der Waals surface area contributed by atoms with Crippen LogP contribution in [0.5, 0.6) is 0 Å². The number of carbonyl (C=O) groups excluding carboxylic acids is 3. The molecule has 0 aliphatic carbocycles. The fourth-order valence-electron chi connectivity index (χ4n) is 1.99. The number of benzene rings is 1. The molecule has 0 N–H and O–H groups in total. The zero-order valence-corrected chi connectivity index (χ0v) is 11.0. The van der Waals surface area contributed by atoms with E-state index in [2.05, 4.69) is 0 Å². The Bertz CT molecular complexity index is 508. The molecule has 1 aromatic rings. The first kappa shape index (κ1) is 13.7. The number of nitrogens with zero attached hydrogens (tertiary/aromatic N) is 1. The molecular formula is C13H12ClNO4. The van der Waals surface area contributed by atoms with Crippen LogP contribution in [0.25, 0.3) is 0 Å². The maximum atomic E-state index is 12.1. The van der Waals surface area contributed by atoms with Gasteiger partial charge in [0.15, 0.2) is 0 Å². The lowest BCUT2D eigenvalue weighted by atomic mass is 10.1. The Morgan fingerprint density at radius 1 is 1.26 bits per heavy atom. The second kappa shape index (κ2) is 5.50. The number of rotatable bonds is 5. The van der Waals surface area contributed by atoms with Crippen molar-refractivity contribution in [2.75, 3.05) is 13.2 Å². The quantitative estimate of drug-likeness (QED) is 0.605. The highest BCUT2D eigenvalue weighted by Crippen LogP contribution is 2.24. The average molecular weight is 282 g/mol.